The molecule has 30 heavy (non-hydrogen) atoms. The van der Waals surface area contributed by atoms with Crippen molar-refractivity contribution in [3.63, 3.8) is 0 Å². The van der Waals surface area contributed by atoms with Gasteiger partial charge in [0.25, 0.3) is 0 Å². The Kier molecular flexibility index (Phi) is 4.48. The molecule has 3 aromatic heterocycles. The molecule has 3 aromatic rings. The topological polar surface area (TPSA) is 113 Å². The molecule has 5 rings (SSSR count). The zero-order valence-corrected chi connectivity index (χ0v) is 18.5. The van der Waals surface area contributed by atoms with Crippen LogP contribution in [-0.4, -0.2) is 54.8 Å². The maximum atomic E-state index is 12.2. The standard InChI is InChI=1S/C20H18BrN5O3S/c1-9(27)20-7-11(20)15(16(28)17(20)29)26-8-23-14-18(22-2)24-13(25-19(14)26)6-4-10-3-5-12(21)30-10/h3,5,8,11,15-17,28-29H,7H2,1-2H3,(H,22,24,25)/t11?,15-,16+,17?,20+/m1/s1. The van der Waals surface area contributed by atoms with Crippen LogP contribution in [0.1, 0.15) is 30.1 Å². The van der Waals surface area contributed by atoms with Crippen LogP contribution < -0.4 is 5.32 Å². The number of halogens is 1. The number of nitrogens with one attached hydrogen (secondary N) is 1. The number of aliphatic hydroxyl groups is 2. The van der Waals surface area contributed by atoms with Crippen molar-refractivity contribution in [2.45, 2.75) is 31.6 Å². The molecule has 10 heteroatoms. The van der Waals surface area contributed by atoms with E-state index < -0.39 is 23.7 Å². The van der Waals surface area contributed by atoms with Crippen LogP contribution in [0.2, 0.25) is 0 Å². The average Bonchev–Trinajstić information content (AvgIpc) is 2.98. The number of Topliss-reactive ketones (excluding diaryl/α,β-unsaturated/α-hetero) is 1. The minimum atomic E-state index is -1.09. The summed E-state index contributed by atoms with van der Waals surface area (Å²) in [4.78, 5) is 26.5. The van der Waals surface area contributed by atoms with Gasteiger partial charge >= 0.3 is 0 Å². The molecule has 0 spiro atoms. The number of hydrogen-bond donors (Lipinski definition) is 3. The number of aliphatic hydroxyl groups excluding tert-OH is 2. The SMILES string of the molecule is CNc1nc(C#Cc2ccc(Br)s2)nc2c1ncn2[C@@H]1C2C[C@@]2(C(C)=O)C(O)[C@H]1O. The van der Waals surface area contributed by atoms with Crippen LogP contribution >= 0.6 is 27.3 Å². The fourth-order valence-electron chi connectivity index (χ4n) is 4.64. The van der Waals surface area contributed by atoms with E-state index in [0.717, 1.165) is 8.66 Å². The van der Waals surface area contributed by atoms with Gasteiger partial charge in [0.1, 0.15) is 11.9 Å². The molecule has 0 amide bonds. The van der Waals surface area contributed by atoms with Gasteiger partial charge in [-0.15, -0.1) is 11.3 Å². The number of carbonyl (C=O) groups excluding carboxylic acids is 1. The molecule has 154 valence electrons. The molecule has 2 fully saturated rings. The predicted molar refractivity (Wildman–Crippen MR) is 115 cm³/mol. The summed E-state index contributed by atoms with van der Waals surface area (Å²) in [6.45, 7) is 1.47. The van der Waals surface area contributed by atoms with E-state index in [2.05, 4.69) is 48.0 Å². The number of carbonyl (C=O) groups is 1. The fourth-order valence-corrected chi connectivity index (χ4v) is 5.88. The number of anilines is 1. The molecule has 0 bridgehead atoms. The number of aromatic nitrogens is 4. The first kappa shape index (κ1) is 19.6. The van der Waals surface area contributed by atoms with Gasteiger partial charge in [0.15, 0.2) is 17.0 Å². The molecule has 3 heterocycles. The lowest BCUT2D eigenvalue weighted by Crippen LogP contribution is -2.36. The molecule has 0 aliphatic heterocycles. The Morgan fingerprint density at radius 2 is 2.17 bits per heavy atom. The molecule has 0 aromatic carbocycles. The minimum Gasteiger partial charge on any atom is -0.389 e. The van der Waals surface area contributed by atoms with Crippen molar-refractivity contribution >= 4 is 50.0 Å². The first-order valence-electron chi connectivity index (χ1n) is 9.43. The van der Waals surface area contributed by atoms with Gasteiger partial charge in [0.2, 0.25) is 5.82 Å². The zero-order chi connectivity index (χ0) is 21.2. The maximum Gasteiger partial charge on any atom is 0.209 e. The van der Waals surface area contributed by atoms with E-state index in [-0.39, 0.29) is 11.7 Å². The Bertz CT molecular complexity index is 1240. The molecule has 5 atom stereocenters. The van der Waals surface area contributed by atoms with E-state index in [1.54, 1.807) is 17.9 Å². The molecule has 2 aliphatic rings. The molecular formula is C20H18BrN5O3S. The van der Waals surface area contributed by atoms with Crippen LogP contribution in [0.3, 0.4) is 0 Å². The van der Waals surface area contributed by atoms with E-state index in [1.807, 2.05) is 12.1 Å². The Labute approximate surface area is 184 Å². The summed E-state index contributed by atoms with van der Waals surface area (Å²) in [5, 5.41) is 24.3. The van der Waals surface area contributed by atoms with Crippen LogP contribution in [0, 0.1) is 23.2 Å². The van der Waals surface area contributed by atoms with Crippen molar-refractivity contribution in [3.8, 4) is 11.8 Å². The normalized spacial score (nSPS) is 29.4. The summed E-state index contributed by atoms with van der Waals surface area (Å²) in [5.74, 6) is 6.64. The summed E-state index contributed by atoms with van der Waals surface area (Å²) in [6.07, 6.45) is -0.0295. The molecule has 2 unspecified atom stereocenters. The molecule has 8 nitrogen and oxygen atoms in total. The third-order valence-electron chi connectivity index (χ3n) is 6.18. The Morgan fingerprint density at radius 3 is 2.80 bits per heavy atom. The van der Waals surface area contributed by atoms with Gasteiger partial charge < -0.3 is 20.1 Å². The van der Waals surface area contributed by atoms with Crippen LogP contribution in [0.4, 0.5) is 5.82 Å². The second kappa shape index (κ2) is 6.85. The van der Waals surface area contributed by atoms with Crippen molar-refractivity contribution in [3.05, 3.63) is 32.9 Å². The van der Waals surface area contributed by atoms with Crippen molar-refractivity contribution in [1.82, 2.24) is 19.5 Å². The van der Waals surface area contributed by atoms with Gasteiger partial charge in [-0.25, -0.2) is 15.0 Å². The Morgan fingerprint density at radius 1 is 1.37 bits per heavy atom. The van der Waals surface area contributed by atoms with E-state index >= 15 is 0 Å². The predicted octanol–water partition coefficient (Wildman–Crippen LogP) is 1.96. The highest BCUT2D eigenvalue weighted by Gasteiger charge is 2.74. The summed E-state index contributed by atoms with van der Waals surface area (Å²) in [7, 11) is 1.74. The smallest absolute Gasteiger partial charge is 0.209 e. The Balaban J connectivity index is 1.59. The molecule has 2 aliphatic carbocycles. The molecule has 0 saturated heterocycles. The summed E-state index contributed by atoms with van der Waals surface area (Å²) in [6, 6.07) is 3.35. The quantitative estimate of drug-likeness (QED) is 0.483. The van der Waals surface area contributed by atoms with Crippen LogP contribution in [0.5, 0.6) is 0 Å². The first-order chi connectivity index (χ1) is 14.4. The molecular weight excluding hydrogens is 470 g/mol. The first-order valence-corrected chi connectivity index (χ1v) is 11.0. The lowest BCUT2D eigenvalue weighted by atomic mass is 9.95. The van der Waals surface area contributed by atoms with Crippen LogP contribution in [-0.2, 0) is 4.79 Å². The summed E-state index contributed by atoms with van der Waals surface area (Å²) >= 11 is 4.94. The van der Waals surface area contributed by atoms with Gasteiger partial charge in [-0.2, -0.15) is 0 Å². The van der Waals surface area contributed by atoms with Crippen molar-refractivity contribution < 1.29 is 15.0 Å². The highest BCUT2D eigenvalue weighted by Crippen LogP contribution is 2.68. The third-order valence-corrected chi connectivity index (χ3v) is 7.72. The van der Waals surface area contributed by atoms with Gasteiger partial charge in [0.05, 0.1) is 32.6 Å². The highest BCUT2D eigenvalue weighted by atomic mass is 79.9. The van der Waals surface area contributed by atoms with E-state index in [0.29, 0.717) is 29.2 Å². The largest absolute Gasteiger partial charge is 0.389 e. The Hall–Kier alpha value is -2.32. The van der Waals surface area contributed by atoms with Crippen LogP contribution in [0.15, 0.2) is 22.2 Å². The lowest BCUT2D eigenvalue weighted by molar-refractivity contribution is -0.128. The van der Waals surface area contributed by atoms with Gasteiger partial charge in [-0.1, -0.05) is 0 Å². The van der Waals surface area contributed by atoms with Gasteiger partial charge in [-0.05, 0) is 59.2 Å². The number of imidazole rings is 1. The van der Waals surface area contributed by atoms with Crippen molar-refractivity contribution in [1.29, 1.82) is 0 Å². The van der Waals surface area contributed by atoms with Crippen molar-refractivity contribution in [2.24, 2.45) is 11.3 Å². The minimum absolute atomic E-state index is 0.0924. The highest BCUT2D eigenvalue weighted by molar-refractivity contribution is 9.11. The van der Waals surface area contributed by atoms with Gasteiger partial charge in [-0.3, -0.25) is 4.79 Å². The number of thiophene rings is 1. The second-order valence-electron chi connectivity index (χ2n) is 7.66. The lowest BCUT2D eigenvalue weighted by Gasteiger charge is -2.23. The number of hydrogen-bond acceptors (Lipinski definition) is 8. The maximum absolute atomic E-state index is 12.2. The summed E-state index contributed by atoms with van der Waals surface area (Å²) in [5.41, 5.74) is 0.187. The van der Waals surface area contributed by atoms with E-state index in [4.69, 9.17) is 0 Å². The number of fused-ring (bicyclic) bond motifs is 2. The fraction of sp³-hybridized carbons (Fsp3) is 0.400. The van der Waals surface area contributed by atoms with Gasteiger partial charge in [0, 0.05) is 7.05 Å². The molecule has 3 N–H and O–H groups in total. The summed E-state index contributed by atoms with van der Waals surface area (Å²) < 4.78 is 2.74. The zero-order valence-electron chi connectivity index (χ0n) is 16.1. The second-order valence-corrected chi connectivity index (χ2v) is 10.1. The number of nitrogens with zero attached hydrogens (tertiary/aromatic N) is 4. The number of ketones is 1. The molecule has 0 radical (unpaired) electrons. The van der Waals surface area contributed by atoms with Crippen molar-refractivity contribution in [2.75, 3.05) is 12.4 Å². The monoisotopic (exact) mass is 487 g/mol. The number of rotatable bonds is 3. The molecule has 2 saturated carbocycles. The third kappa shape index (κ3) is 2.73. The van der Waals surface area contributed by atoms with E-state index in [9.17, 15) is 15.0 Å². The van der Waals surface area contributed by atoms with E-state index in [1.165, 1.54) is 18.3 Å². The average molecular weight is 488 g/mol. The van der Waals surface area contributed by atoms with Crippen LogP contribution in [0.25, 0.3) is 11.2 Å².